The number of thiophene rings is 6. The quantitative estimate of drug-likeness (QED) is 0.0117. The van der Waals surface area contributed by atoms with Crippen LogP contribution >= 0.6 is 68.0 Å². The molecule has 3 amide bonds. The van der Waals surface area contributed by atoms with Gasteiger partial charge in [0.2, 0.25) is 0 Å². The number of unbranched alkanes of at least 4 members (excludes halogenated alkanes) is 15. The first-order chi connectivity index (χ1) is 41.1. The van der Waals surface area contributed by atoms with Crippen LogP contribution in [0, 0.1) is 11.8 Å². The molecule has 6 heterocycles. The van der Waals surface area contributed by atoms with E-state index < -0.39 is 71.0 Å². The fourth-order valence-electron chi connectivity index (χ4n) is 10.3. The van der Waals surface area contributed by atoms with Crippen LogP contribution < -0.4 is 45.5 Å². The summed E-state index contributed by atoms with van der Waals surface area (Å²) in [4.78, 5) is 109. The maximum absolute atomic E-state index is 14.3. The summed E-state index contributed by atoms with van der Waals surface area (Å²) >= 11 is 8.52. The molecule has 8 rings (SSSR count). The Balaban J connectivity index is 0.000000402. The van der Waals surface area contributed by atoms with Crippen molar-refractivity contribution in [3.63, 3.8) is 0 Å². The summed E-state index contributed by atoms with van der Waals surface area (Å²) < 4.78 is 0. The molecule has 0 bridgehead atoms. The van der Waals surface area contributed by atoms with Gasteiger partial charge in [-0.2, -0.15) is 0 Å². The van der Waals surface area contributed by atoms with E-state index in [2.05, 4.69) is 36.7 Å². The molecule has 462 valence electrons. The molecule has 86 heavy (non-hydrogen) atoms. The molecule has 0 saturated heterocycles. The van der Waals surface area contributed by atoms with Gasteiger partial charge in [-0.3, -0.25) is 38.4 Å². The topological polar surface area (TPSA) is 213 Å². The van der Waals surface area contributed by atoms with E-state index in [0.717, 1.165) is 119 Å². The summed E-state index contributed by atoms with van der Waals surface area (Å²) in [5, 5.41) is 39.4. The molecule has 5 N–H and O–H groups in total. The van der Waals surface area contributed by atoms with Crippen molar-refractivity contribution in [1.82, 2.24) is 16.0 Å². The Labute approximate surface area is 555 Å². The monoisotopic (exact) mass is 1300 g/mol. The number of amides is 3. The molecule has 20 heteroatoms. The Morgan fingerprint density at radius 1 is 0.453 bits per heavy atom. The third kappa shape index (κ3) is 21.3. The minimum absolute atomic E-state index is 0. The van der Waals surface area contributed by atoms with Crippen molar-refractivity contribution in [3.05, 3.63) is 104 Å². The summed E-state index contributed by atoms with van der Waals surface area (Å²) in [7, 11) is 0. The first-order valence-electron chi connectivity index (χ1n) is 30.5. The molecule has 2 fully saturated rings. The van der Waals surface area contributed by atoms with E-state index in [1.54, 1.807) is 29.5 Å². The molecule has 4 atom stereocenters. The van der Waals surface area contributed by atoms with Crippen LogP contribution in [0.4, 0.5) is 0 Å². The van der Waals surface area contributed by atoms with Crippen LogP contribution in [0.3, 0.4) is 0 Å². The summed E-state index contributed by atoms with van der Waals surface area (Å²) in [6.07, 6.45) is 20.2. The molecule has 0 aromatic carbocycles. The number of nitrogens with one attached hydrogen (secondary N) is 3. The molecular formula is C66H86N3NaO10S6. The SMILES string of the molecule is CCCCCCCCNC(=O)C(=O)c1ccc(-c2cccs2)s1.CCCCCCCCNC(=O)C(O)(c1ccc(-c2cccs2)s1)C1CC(=O)C(C(O)(C(=O)NCCCCCCCC)c2ccc(-c3cccs3)s2)CC1=O.O=C1CCC(=O)CC1.[H-].[Na+]. The van der Waals surface area contributed by atoms with Crippen LogP contribution in [-0.4, -0.2) is 76.5 Å². The zero-order chi connectivity index (χ0) is 61.0. The van der Waals surface area contributed by atoms with Gasteiger partial charge in [0.15, 0.2) is 11.2 Å². The maximum atomic E-state index is 14.3. The summed E-state index contributed by atoms with van der Waals surface area (Å²) in [6.45, 7) is 7.76. The molecule has 2 aliphatic rings. The summed E-state index contributed by atoms with van der Waals surface area (Å²) in [6, 6.07) is 22.4. The molecular weight excluding hydrogens is 1210 g/mol. The van der Waals surface area contributed by atoms with Gasteiger partial charge in [-0.15, -0.1) is 68.0 Å². The average Bonchev–Trinajstić information content (AvgIpc) is 1.19. The number of hydrogen-bond acceptors (Lipinski definition) is 16. The second kappa shape index (κ2) is 38.4. The molecule has 4 unspecified atom stereocenters. The normalized spacial score (nSPS) is 16.3. The first-order valence-corrected chi connectivity index (χ1v) is 35.6. The zero-order valence-corrected chi connectivity index (χ0v) is 57.4. The predicted octanol–water partition coefficient (Wildman–Crippen LogP) is 12.4. The van der Waals surface area contributed by atoms with Crippen molar-refractivity contribution in [3.8, 4) is 29.3 Å². The third-order valence-corrected chi connectivity index (χ3v) is 22.1. The van der Waals surface area contributed by atoms with Gasteiger partial charge in [-0.05, 0) is 90.0 Å². The molecule has 6 aromatic rings. The van der Waals surface area contributed by atoms with Crippen molar-refractivity contribution in [2.24, 2.45) is 11.8 Å². The summed E-state index contributed by atoms with van der Waals surface area (Å²) in [5.74, 6) is -5.73. The predicted molar refractivity (Wildman–Crippen MR) is 350 cm³/mol. The van der Waals surface area contributed by atoms with Gasteiger partial charge in [0, 0.05) is 97.2 Å². The van der Waals surface area contributed by atoms with Crippen molar-refractivity contribution in [1.29, 1.82) is 0 Å². The molecule has 13 nitrogen and oxygen atoms in total. The van der Waals surface area contributed by atoms with Crippen LogP contribution in [0.5, 0.6) is 0 Å². The van der Waals surface area contributed by atoms with Gasteiger partial charge in [-0.25, -0.2) is 0 Å². The minimum Gasteiger partial charge on any atom is -1.00 e. The molecule has 2 aliphatic carbocycles. The van der Waals surface area contributed by atoms with E-state index in [1.807, 2.05) is 70.7 Å². The zero-order valence-electron chi connectivity index (χ0n) is 51.5. The van der Waals surface area contributed by atoms with E-state index in [9.17, 15) is 48.6 Å². The number of Topliss-reactive ketones (excluding diaryl/α,β-unsaturated/α-hetero) is 5. The minimum atomic E-state index is -2.31. The number of ketones is 5. The Kier molecular flexibility index (Phi) is 32.5. The van der Waals surface area contributed by atoms with Gasteiger partial charge in [0.05, 0.1) is 16.7 Å². The summed E-state index contributed by atoms with van der Waals surface area (Å²) in [5.41, 5.74) is -4.62. The Morgan fingerprint density at radius 2 is 0.791 bits per heavy atom. The van der Waals surface area contributed by atoms with Gasteiger partial charge in [-0.1, -0.05) is 135 Å². The van der Waals surface area contributed by atoms with E-state index in [-0.39, 0.29) is 52.3 Å². The largest absolute Gasteiger partial charge is 1.00 e. The van der Waals surface area contributed by atoms with E-state index in [0.29, 0.717) is 50.2 Å². The first kappa shape index (κ1) is 72.6. The van der Waals surface area contributed by atoms with Crippen LogP contribution in [0.2, 0.25) is 0 Å². The van der Waals surface area contributed by atoms with E-state index in [4.69, 9.17) is 0 Å². The third-order valence-electron chi connectivity index (χ3n) is 15.4. The fourth-order valence-corrected chi connectivity index (χ4v) is 16.1. The molecule has 0 radical (unpaired) electrons. The second-order valence-corrected chi connectivity index (χ2v) is 28.0. The molecule has 0 spiro atoms. The molecule has 2 saturated carbocycles. The van der Waals surface area contributed by atoms with Crippen LogP contribution in [0.25, 0.3) is 29.3 Å². The van der Waals surface area contributed by atoms with Gasteiger partial charge in [0.25, 0.3) is 23.5 Å². The maximum Gasteiger partial charge on any atom is 1.00 e. The molecule has 6 aromatic heterocycles. The van der Waals surface area contributed by atoms with E-state index in [1.165, 1.54) is 82.4 Å². The molecule has 0 aliphatic heterocycles. The van der Waals surface area contributed by atoms with Crippen molar-refractivity contribution < 1.29 is 79.6 Å². The standard InChI is InChI=1S/C42H54N2O6S4.C18H23NO2S2.C6H8O2.Na.H/c1-3-5-7-9-11-13-23-43-39(47)41(49,37-21-19-35(53-37)33-17-15-25-51-33)29-27-32(46)30(28-31(29)45)42(50,40(48)44-24-14-12-10-8-6-4-2)38-22-20-36(54-38)34-18-16-26-52-34;1-2-3-4-5-6-7-12-19-18(21)17(20)16-11-10-15(23-16)14-9-8-13-22-14;7-5-1-2-6(8)4-3-5;;/h15-22,25-26,29-30,49-50H,3-14,23-24,27-28H2,1-2H3,(H,43,47)(H,44,48);8-11,13H,2-7,12H2,1H3,(H,19,21);1-4H2;;/q;;;+1;-1. The Hall–Kier alpha value is -4.12. The van der Waals surface area contributed by atoms with Gasteiger partial charge < -0.3 is 27.6 Å². The van der Waals surface area contributed by atoms with Gasteiger partial charge in [0.1, 0.15) is 23.1 Å². The number of aliphatic hydroxyl groups is 2. The average molecular weight is 1300 g/mol. The van der Waals surface area contributed by atoms with E-state index >= 15 is 0 Å². The van der Waals surface area contributed by atoms with Gasteiger partial charge >= 0.3 is 29.6 Å². The van der Waals surface area contributed by atoms with Crippen LogP contribution in [0.1, 0.15) is 196 Å². The number of hydrogen-bond donors (Lipinski definition) is 5. The second-order valence-electron chi connectivity index (χ2n) is 21.9. The Bertz CT molecular complexity index is 2890. The van der Waals surface area contributed by atoms with Crippen LogP contribution in [-0.2, 0) is 44.8 Å². The van der Waals surface area contributed by atoms with Crippen molar-refractivity contribution in [2.75, 3.05) is 19.6 Å². The van der Waals surface area contributed by atoms with Crippen molar-refractivity contribution in [2.45, 2.75) is 186 Å². The van der Waals surface area contributed by atoms with Crippen molar-refractivity contribution >= 4 is 115 Å². The number of rotatable bonds is 32. The smallest absolute Gasteiger partial charge is 1.00 e. The fraction of sp³-hybridized carbons (Fsp3) is 0.515. The number of carbonyl (C=O) groups excluding carboxylic acids is 8. The number of carbonyl (C=O) groups is 8. The Morgan fingerprint density at radius 3 is 1.15 bits per heavy atom. The van der Waals surface area contributed by atoms with Crippen LogP contribution in [0.15, 0.2) is 88.9 Å².